The number of piperidine rings is 1. The average Bonchev–Trinajstić information content (AvgIpc) is 2.49. The number of benzene rings is 1. The molecule has 0 amide bonds. The van der Waals surface area contributed by atoms with Gasteiger partial charge in [0.1, 0.15) is 5.75 Å². The Morgan fingerprint density at radius 1 is 1.30 bits per heavy atom. The fourth-order valence-corrected chi connectivity index (χ4v) is 2.84. The highest BCUT2D eigenvalue weighted by Gasteiger charge is 2.18. The monoisotopic (exact) mass is 277 g/mol. The third-order valence-electron chi connectivity index (χ3n) is 4.29. The minimum absolute atomic E-state index is 0.361. The molecule has 112 valence electrons. The van der Waals surface area contributed by atoms with Crippen molar-refractivity contribution in [1.29, 1.82) is 0 Å². The molecule has 1 aliphatic rings. The molecule has 3 nitrogen and oxygen atoms in total. The minimum atomic E-state index is -0.361. The lowest BCUT2D eigenvalue weighted by molar-refractivity contribution is 0.153. The highest BCUT2D eigenvalue weighted by atomic mass is 16.5. The van der Waals surface area contributed by atoms with Gasteiger partial charge in [0.15, 0.2) is 0 Å². The van der Waals surface area contributed by atoms with Gasteiger partial charge in [-0.15, -0.1) is 0 Å². The van der Waals surface area contributed by atoms with E-state index in [-0.39, 0.29) is 6.10 Å². The van der Waals surface area contributed by atoms with Gasteiger partial charge >= 0.3 is 0 Å². The van der Waals surface area contributed by atoms with Gasteiger partial charge in [0.2, 0.25) is 0 Å². The smallest absolute Gasteiger partial charge is 0.119 e. The van der Waals surface area contributed by atoms with Gasteiger partial charge in [0.25, 0.3) is 0 Å². The molecule has 2 atom stereocenters. The highest BCUT2D eigenvalue weighted by molar-refractivity contribution is 5.28. The van der Waals surface area contributed by atoms with Crippen molar-refractivity contribution in [3.8, 4) is 5.75 Å². The Kier molecular flexibility index (Phi) is 5.86. The topological polar surface area (TPSA) is 32.7 Å². The molecule has 1 aromatic rings. The first-order valence-corrected chi connectivity index (χ1v) is 7.81. The molecular formula is C17H27NO2. The van der Waals surface area contributed by atoms with Crippen molar-refractivity contribution in [3.63, 3.8) is 0 Å². The van der Waals surface area contributed by atoms with Gasteiger partial charge < -0.3 is 14.7 Å². The second-order valence-electron chi connectivity index (χ2n) is 5.76. The Hall–Kier alpha value is -1.06. The summed E-state index contributed by atoms with van der Waals surface area (Å²) in [5.41, 5.74) is 0.965. The Balaban J connectivity index is 1.76. The zero-order valence-corrected chi connectivity index (χ0v) is 12.7. The summed E-state index contributed by atoms with van der Waals surface area (Å²) >= 11 is 0. The van der Waals surface area contributed by atoms with E-state index in [4.69, 9.17) is 4.74 Å². The summed E-state index contributed by atoms with van der Waals surface area (Å²) in [5.74, 6) is 0.899. The van der Waals surface area contributed by atoms with E-state index in [0.717, 1.165) is 30.8 Å². The summed E-state index contributed by atoms with van der Waals surface area (Å²) in [4.78, 5) is 2.45. The molecule has 20 heavy (non-hydrogen) atoms. The van der Waals surface area contributed by atoms with E-state index in [1.807, 2.05) is 31.2 Å². The third kappa shape index (κ3) is 4.22. The molecule has 1 saturated heterocycles. The molecule has 0 spiro atoms. The van der Waals surface area contributed by atoms with Crippen LogP contribution in [0.4, 0.5) is 0 Å². The molecule has 0 saturated carbocycles. The van der Waals surface area contributed by atoms with E-state index < -0.39 is 0 Å². The zero-order chi connectivity index (χ0) is 14.4. The van der Waals surface area contributed by atoms with E-state index in [1.54, 1.807) is 0 Å². The predicted molar refractivity (Wildman–Crippen MR) is 82.1 cm³/mol. The Bertz CT molecular complexity index is 390. The van der Waals surface area contributed by atoms with E-state index >= 15 is 0 Å². The van der Waals surface area contributed by atoms with Crippen molar-refractivity contribution >= 4 is 0 Å². The van der Waals surface area contributed by atoms with Crippen LogP contribution in [0.3, 0.4) is 0 Å². The van der Waals surface area contributed by atoms with Gasteiger partial charge in [-0.05, 0) is 57.0 Å². The third-order valence-corrected chi connectivity index (χ3v) is 4.29. The van der Waals surface area contributed by atoms with Crippen LogP contribution in [-0.4, -0.2) is 36.2 Å². The highest BCUT2D eigenvalue weighted by Crippen LogP contribution is 2.21. The lowest BCUT2D eigenvalue weighted by atomic mass is 10.0. The number of aliphatic hydroxyl groups is 1. The minimum Gasteiger partial charge on any atom is -0.494 e. The van der Waals surface area contributed by atoms with Gasteiger partial charge in [-0.1, -0.05) is 25.5 Å². The molecule has 1 fully saturated rings. The quantitative estimate of drug-likeness (QED) is 0.865. The molecule has 3 heteroatoms. The van der Waals surface area contributed by atoms with Crippen LogP contribution < -0.4 is 4.74 Å². The van der Waals surface area contributed by atoms with Crippen LogP contribution in [0, 0.1) is 0 Å². The largest absolute Gasteiger partial charge is 0.494 e. The molecule has 2 rings (SSSR count). The first-order chi connectivity index (χ1) is 9.70. The summed E-state index contributed by atoms with van der Waals surface area (Å²) in [6.07, 6.45) is 5.44. The van der Waals surface area contributed by atoms with Crippen LogP contribution >= 0.6 is 0 Å². The number of rotatable bonds is 6. The van der Waals surface area contributed by atoms with Crippen molar-refractivity contribution in [2.45, 2.75) is 51.2 Å². The van der Waals surface area contributed by atoms with Crippen LogP contribution in [0.25, 0.3) is 0 Å². The number of likely N-dealkylation sites (tertiary alicyclic amines) is 1. The van der Waals surface area contributed by atoms with Crippen LogP contribution in [0.2, 0.25) is 0 Å². The number of hydrogen-bond donors (Lipinski definition) is 1. The first kappa shape index (κ1) is 15.3. The van der Waals surface area contributed by atoms with Crippen molar-refractivity contribution in [3.05, 3.63) is 29.8 Å². The van der Waals surface area contributed by atoms with Gasteiger partial charge in [-0.25, -0.2) is 0 Å². The van der Waals surface area contributed by atoms with E-state index in [1.165, 1.54) is 25.8 Å². The van der Waals surface area contributed by atoms with Crippen LogP contribution in [0.1, 0.15) is 50.7 Å². The molecule has 1 heterocycles. The summed E-state index contributed by atoms with van der Waals surface area (Å²) < 4.78 is 5.82. The van der Waals surface area contributed by atoms with Crippen LogP contribution in [0.5, 0.6) is 5.75 Å². The molecular weight excluding hydrogens is 250 g/mol. The molecule has 1 aliphatic heterocycles. The fraction of sp³-hybridized carbons (Fsp3) is 0.647. The van der Waals surface area contributed by atoms with Crippen molar-refractivity contribution < 1.29 is 9.84 Å². The molecule has 0 bridgehead atoms. The summed E-state index contributed by atoms with van der Waals surface area (Å²) in [5, 5.41) is 9.75. The molecule has 1 unspecified atom stereocenters. The summed E-state index contributed by atoms with van der Waals surface area (Å²) in [6.45, 7) is 3.97. The number of hydrogen-bond acceptors (Lipinski definition) is 3. The van der Waals surface area contributed by atoms with E-state index in [2.05, 4.69) is 11.9 Å². The molecule has 0 radical (unpaired) electrons. The second-order valence-corrected chi connectivity index (χ2v) is 5.76. The SMILES string of the molecule is CC[C@H](O)c1ccc(OCCC2CCCCN2C)cc1. The molecule has 1 aromatic carbocycles. The van der Waals surface area contributed by atoms with E-state index in [9.17, 15) is 5.11 Å². The van der Waals surface area contributed by atoms with Gasteiger partial charge in [-0.3, -0.25) is 0 Å². The standard InChI is InChI=1S/C17H27NO2/c1-3-17(19)14-7-9-16(10-8-14)20-13-11-15-6-4-5-12-18(15)2/h7-10,15,17,19H,3-6,11-13H2,1-2H3/t15?,17-/m0/s1. The van der Waals surface area contributed by atoms with Crippen LogP contribution in [0.15, 0.2) is 24.3 Å². The lowest BCUT2D eigenvalue weighted by Crippen LogP contribution is -2.37. The zero-order valence-electron chi connectivity index (χ0n) is 12.7. The van der Waals surface area contributed by atoms with Crippen molar-refractivity contribution in [1.82, 2.24) is 4.90 Å². The maximum atomic E-state index is 9.75. The van der Waals surface area contributed by atoms with Gasteiger partial charge in [0.05, 0.1) is 12.7 Å². The summed E-state index contributed by atoms with van der Waals surface area (Å²) in [6, 6.07) is 8.49. The molecule has 1 N–H and O–H groups in total. The lowest BCUT2D eigenvalue weighted by Gasteiger charge is -2.32. The van der Waals surface area contributed by atoms with Crippen molar-refractivity contribution in [2.75, 3.05) is 20.2 Å². The Morgan fingerprint density at radius 2 is 2.05 bits per heavy atom. The maximum Gasteiger partial charge on any atom is 0.119 e. The van der Waals surface area contributed by atoms with Crippen LogP contribution in [-0.2, 0) is 0 Å². The second kappa shape index (κ2) is 7.65. The average molecular weight is 277 g/mol. The maximum absolute atomic E-state index is 9.75. The van der Waals surface area contributed by atoms with Gasteiger partial charge in [0, 0.05) is 6.04 Å². The number of aliphatic hydroxyl groups excluding tert-OH is 1. The fourth-order valence-electron chi connectivity index (χ4n) is 2.84. The van der Waals surface area contributed by atoms with Crippen molar-refractivity contribution in [2.24, 2.45) is 0 Å². The predicted octanol–water partition coefficient (Wildman–Crippen LogP) is 3.38. The number of nitrogens with zero attached hydrogens (tertiary/aromatic N) is 1. The molecule has 0 aromatic heterocycles. The number of ether oxygens (including phenoxy) is 1. The van der Waals surface area contributed by atoms with E-state index in [0.29, 0.717) is 6.04 Å². The first-order valence-electron chi connectivity index (χ1n) is 7.81. The Labute approximate surface area is 122 Å². The van der Waals surface area contributed by atoms with Gasteiger partial charge in [-0.2, -0.15) is 0 Å². The summed E-state index contributed by atoms with van der Waals surface area (Å²) in [7, 11) is 2.21. The normalized spacial score (nSPS) is 21.6. The Morgan fingerprint density at radius 3 is 2.70 bits per heavy atom. The molecule has 0 aliphatic carbocycles.